The second-order valence-electron chi connectivity index (χ2n) is 7.11. The Morgan fingerprint density at radius 2 is 2.00 bits per heavy atom. The smallest absolute Gasteiger partial charge is 0.293 e. The Kier molecular flexibility index (Phi) is 5.83. The number of amides is 2. The predicted molar refractivity (Wildman–Crippen MR) is 119 cm³/mol. The van der Waals surface area contributed by atoms with Crippen LogP contribution in [0.1, 0.15) is 21.7 Å². The third-order valence-corrected chi connectivity index (χ3v) is 6.40. The second kappa shape index (κ2) is 8.53. The maximum absolute atomic E-state index is 13.0. The highest BCUT2D eigenvalue weighted by atomic mass is 35.5. The van der Waals surface area contributed by atoms with Gasteiger partial charge in [0.15, 0.2) is 0 Å². The number of hydrogen-bond acceptors (Lipinski definition) is 5. The molecule has 0 aliphatic carbocycles. The molecule has 8 heteroatoms. The highest BCUT2D eigenvalue weighted by Gasteiger charge is 2.37. The molecule has 2 aromatic carbocycles. The maximum atomic E-state index is 13.0. The summed E-state index contributed by atoms with van der Waals surface area (Å²) in [4.78, 5) is 27.5. The predicted octanol–water partition coefficient (Wildman–Crippen LogP) is 4.77. The van der Waals surface area contributed by atoms with Crippen LogP contribution in [-0.2, 0) is 4.79 Å². The van der Waals surface area contributed by atoms with E-state index in [1.165, 1.54) is 16.7 Å². The number of nitrogens with zero attached hydrogens (tertiary/aromatic N) is 2. The monoisotopic (exact) mass is 441 g/mol. The van der Waals surface area contributed by atoms with Crippen molar-refractivity contribution < 1.29 is 14.1 Å². The molecule has 0 spiro atoms. The van der Waals surface area contributed by atoms with E-state index in [1.807, 2.05) is 38.1 Å². The number of thioether (sulfide) groups is 1. The number of anilines is 1. The molecule has 1 aliphatic heterocycles. The first-order valence-corrected chi connectivity index (χ1v) is 11.0. The van der Waals surface area contributed by atoms with Crippen LogP contribution in [0.3, 0.4) is 0 Å². The molecular weight excluding hydrogens is 422 g/mol. The molecule has 3 aromatic rings. The summed E-state index contributed by atoms with van der Waals surface area (Å²) in [5, 5.41) is 7.52. The van der Waals surface area contributed by atoms with Crippen LogP contribution in [0.4, 0.5) is 5.69 Å². The molecule has 1 atom stereocenters. The van der Waals surface area contributed by atoms with Crippen molar-refractivity contribution in [1.29, 1.82) is 0 Å². The topological polar surface area (TPSA) is 75.4 Å². The lowest BCUT2D eigenvalue weighted by Crippen LogP contribution is -2.44. The molecule has 1 aromatic heterocycles. The molecule has 1 aliphatic rings. The van der Waals surface area contributed by atoms with Gasteiger partial charge in [-0.05, 0) is 43.2 Å². The Morgan fingerprint density at radius 3 is 2.80 bits per heavy atom. The van der Waals surface area contributed by atoms with Crippen molar-refractivity contribution in [2.45, 2.75) is 19.9 Å². The van der Waals surface area contributed by atoms with E-state index in [1.54, 1.807) is 24.3 Å². The molecule has 0 saturated carbocycles. The molecule has 0 radical (unpaired) electrons. The zero-order chi connectivity index (χ0) is 21.3. The van der Waals surface area contributed by atoms with Gasteiger partial charge in [-0.1, -0.05) is 41.0 Å². The minimum Gasteiger partial charge on any atom is -0.350 e. The van der Waals surface area contributed by atoms with Crippen molar-refractivity contribution in [1.82, 2.24) is 10.1 Å². The third kappa shape index (κ3) is 4.08. The van der Waals surface area contributed by atoms with E-state index in [0.717, 1.165) is 22.4 Å². The Bertz CT molecular complexity index is 1110. The van der Waals surface area contributed by atoms with E-state index in [-0.39, 0.29) is 17.6 Å². The average Bonchev–Trinajstić information content (AvgIpc) is 3.41. The van der Waals surface area contributed by atoms with E-state index < -0.39 is 6.04 Å². The number of aryl methyl sites for hydroxylation is 1. The first kappa shape index (κ1) is 20.5. The first-order valence-electron chi connectivity index (χ1n) is 9.42. The highest BCUT2D eigenvalue weighted by molar-refractivity contribution is 7.99. The van der Waals surface area contributed by atoms with E-state index in [9.17, 15) is 9.59 Å². The summed E-state index contributed by atoms with van der Waals surface area (Å²) in [5.74, 6) is 0.463. The van der Waals surface area contributed by atoms with Gasteiger partial charge >= 0.3 is 0 Å². The minimum absolute atomic E-state index is 0.0945. The molecule has 0 bridgehead atoms. The van der Waals surface area contributed by atoms with Gasteiger partial charge in [0.05, 0.1) is 5.88 Å². The summed E-state index contributed by atoms with van der Waals surface area (Å²) < 4.78 is 5.29. The number of nitrogens with one attached hydrogen (secondary N) is 1. The standard InChI is InChI=1S/C22H20ClN3O3S/c1-13-5-3-8-17(14(13)2)24-21(27)19-11-30-12-26(19)22(28)20-10-18(25-29-20)15-6-4-7-16(23)9-15/h3-10,19H,11-12H2,1-2H3,(H,24,27). The van der Waals surface area contributed by atoms with E-state index in [2.05, 4.69) is 10.5 Å². The van der Waals surface area contributed by atoms with Crippen molar-refractivity contribution in [3.8, 4) is 11.3 Å². The quantitative estimate of drug-likeness (QED) is 0.631. The Morgan fingerprint density at radius 1 is 1.20 bits per heavy atom. The molecule has 2 amide bonds. The van der Waals surface area contributed by atoms with Gasteiger partial charge in [0, 0.05) is 28.1 Å². The lowest BCUT2D eigenvalue weighted by molar-refractivity contribution is -0.119. The van der Waals surface area contributed by atoms with Crippen LogP contribution in [0.2, 0.25) is 5.02 Å². The molecule has 4 rings (SSSR count). The average molecular weight is 442 g/mol. The molecular formula is C22H20ClN3O3S. The Hall–Kier alpha value is -2.77. The molecule has 154 valence electrons. The summed E-state index contributed by atoms with van der Waals surface area (Å²) >= 11 is 7.56. The van der Waals surface area contributed by atoms with Gasteiger partial charge in [0.25, 0.3) is 5.91 Å². The summed E-state index contributed by atoms with van der Waals surface area (Å²) in [6.07, 6.45) is 0. The van der Waals surface area contributed by atoms with Gasteiger partial charge in [-0.3, -0.25) is 9.59 Å². The first-order chi connectivity index (χ1) is 14.4. The van der Waals surface area contributed by atoms with Crippen molar-refractivity contribution in [3.63, 3.8) is 0 Å². The lowest BCUT2D eigenvalue weighted by Gasteiger charge is -2.22. The zero-order valence-electron chi connectivity index (χ0n) is 16.5. The number of benzene rings is 2. The highest BCUT2D eigenvalue weighted by Crippen LogP contribution is 2.28. The van der Waals surface area contributed by atoms with Crippen molar-refractivity contribution >= 4 is 40.9 Å². The Labute approximate surface area is 183 Å². The summed E-state index contributed by atoms with van der Waals surface area (Å²) in [5.41, 5.74) is 4.13. The molecule has 1 fully saturated rings. The van der Waals surface area contributed by atoms with E-state index in [0.29, 0.717) is 22.3 Å². The summed E-state index contributed by atoms with van der Waals surface area (Å²) in [7, 11) is 0. The van der Waals surface area contributed by atoms with Crippen molar-refractivity contribution in [2.75, 3.05) is 16.9 Å². The summed E-state index contributed by atoms with van der Waals surface area (Å²) in [6.45, 7) is 3.96. The fourth-order valence-electron chi connectivity index (χ4n) is 3.26. The molecule has 30 heavy (non-hydrogen) atoms. The van der Waals surface area contributed by atoms with Gasteiger partial charge in [-0.15, -0.1) is 11.8 Å². The van der Waals surface area contributed by atoms with Crippen LogP contribution in [0, 0.1) is 13.8 Å². The van der Waals surface area contributed by atoms with Crippen molar-refractivity contribution in [3.05, 3.63) is 70.4 Å². The molecule has 6 nitrogen and oxygen atoms in total. The normalized spacial score (nSPS) is 16.0. The molecule has 1 unspecified atom stereocenters. The van der Waals surface area contributed by atoms with Gasteiger partial charge in [0.1, 0.15) is 11.7 Å². The van der Waals surface area contributed by atoms with Crippen LogP contribution in [0.25, 0.3) is 11.3 Å². The maximum Gasteiger partial charge on any atom is 0.293 e. The van der Waals surface area contributed by atoms with Crippen LogP contribution >= 0.6 is 23.4 Å². The molecule has 1 saturated heterocycles. The van der Waals surface area contributed by atoms with Crippen molar-refractivity contribution in [2.24, 2.45) is 0 Å². The minimum atomic E-state index is -0.581. The number of hydrogen-bond donors (Lipinski definition) is 1. The SMILES string of the molecule is Cc1cccc(NC(=O)C2CSCN2C(=O)c2cc(-c3cccc(Cl)c3)no2)c1C. The molecule has 1 N–H and O–H groups in total. The van der Waals surface area contributed by atoms with Crippen LogP contribution in [-0.4, -0.2) is 39.5 Å². The molecule has 2 heterocycles. The van der Waals surface area contributed by atoms with Gasteiger partial charge < -0.3 is 14.7 Å². The second-order valence-corrected chi connectivity index (χ2v) is 8.55. The zero-order valence-corrected chi connectivity index (χ0v) is 18.1. The van der Waals surface area contributed by atoms with Gasteiger partial charge in [-0.2, -0.15) is 0 Å². The fourth-order valence-corrected chi connectivity index (χ4v) is 4.61. The fraction of sp³-hybridized carbons (Fsp3) is 0.227. The Balaban J connectivity index is 1.51. The van der Waals surface area contributed by atoms with Crippen LogP contribution in [0.5, 0.6) is 0 Å². The number of rotatable bonds is 4. The largest absolute Gasteiger partial charge is 0.350 e. The number of carbonyl (C=O) groups excluding carboxylic acids is 2. The third-order valence-electron chi connectivity index (χ3n) is 5.15. The lowest BCUT2D eigenvalue weighted by atomic mass is 10.1. The number of aromatic nitrogens is 1. The number of halogens is 1. The van der Waals surface area contributed by atoms with E-state index >= 15 is 0 Å². The number of carbonyl (C=O) groups is 2. The van der Waals surface area contributed by atoms with E-state index in [4.69, 9.17) is 16.1 Å². The van der Waals surface area contributed by atoms with Gasteiger partial charge in [-0.25, -0.2) is 0 Å². The van der Waals surface area contributed by atoms with Crippen LogP contribution < -0.4 is 5.32 Å². The van der Waals surface area contributed by atoms with Crippen LogP contribution in [0.15, 0.2) is 53.1 Å². The summed E-state index contributed by atoms with van der Waals surface area (Å²) in [6, 6.07) is 13.9. The van der Waals surface area contributed by atoms with Gasteiger partial charge in [0.2, 0.25) is 11.7 Å².